The number of aromatic nitrogens is 2. The van der Waals surface area contributed by atoms with Gasteiger partial charge in [0, 0.05) is 22.9 Å². The van der Waals surface area contributed by atoms with Crippen LogP contribution in [0.15, 0.2) is 24.4 Å². The van der Waals surface area contributed by atoms with E-state index in [2.05, 4.69) is 14.9 Å². The van der Waals surface area contributed by atoms with E-state index in [1.807, 2.05) is 13.1 Å². The highest BCUT2D eigenvalue weighted by molar-refractivity contribution is 6.30. The first-order valence-electron chi connectivity index (χ1n) is 5.90. The molecule has 0 aliphatic heterocycles. The Kier molecular flexibility index (Phi) is 2.74. The van der Waals surface area contributed by atoms with Crippen LogP contribution in [0.2, 0.25) is 5.02 Å². The number of hydrogen-bond donors (Lipinski definition) is 1. The second-order valence-corrected chi connectivity index (χ2v) is 5.06. The van der Waals surface area contributed by atoms with Gasteiger partial charge in [-0.1, -0.05) is 11.6 Å². The van der Waals surface area contributed by atoms with E-state index in [4.69, 9.17) is 11.6 Å². The molecule has 94 valence electrons. The Morgan fingerprint density at radius 3 is 2.83 bits per heavy atom. The van der Waals surface area contributed by atoms with Crippen LogP contribution in [0.25, 0.3) is 0 Å². The van der Waals surface area contributed by atoms with Gasteiger partial charge in [0.25, 0.3) is 0 Å². The van der Waals surface area contributed by atoms with Crippen LogP contribution in [0.3, 0.4) is 0 Å². The zero-order valence-corrected chi connectivity index (χ0v) is 10.7. The molecule has 1 N–H and O–H groups in total. The minimum absolute atomic E-state index is 0.355. The van der Waals surface area contributed by atoms with Gasteiger partial charge in [-0.25, -0.2) is 9.37 Å². The van der Waals surface area contributed by atoms with Crippen molar-refractivity contribution in [2.45, 2.75) is 25.8 Å². The fourth-order valence-electron chi connectivity index (χ4n) is 1.99. The van der Waals surface area contributed by atoms with E-state index >= 15 is 0 Å². The third-order valence-corrected chi connectivity index (χ3v) is 3.13. The molecule has 0 amide bonds. The molecule has 1 saturated carbocycles. The molecule has 1 aromatic heterocycles. The van der Waals surface area contributed by atoms with E-state index in [0.29, 0.717) is 16.8 Å². The molecule has 1 fully saturated rings. The highest BCUT2D eigenvalue weighted by Gasteiger charge is 2.26. The summed E-state index contributed by atoms with van der Waals surface area (Å²) < 4.78 is 15.4. The summed E-state index contributed by atoms with van der Waals surface area (Å²) in [6.07, 6.45) is 4.36. The lowest BCUT2D eigenvalue weighted by Crippen LogP contribution is -2.01. The van der Waals surface area contributed by atoms with Crippen molar-refractivity contribution in [3.8, 4) is 0 Å². The predicted molar refractivity (Wildman–Crippen MR) is 69.9 cm³/mol. The zero-order chi connectivity index (χ0) is 12.7. The number of rotatable bonds is 3. The van der Waals surface area contributed by atoms with E-state index < -0.39 is 0 Å². The van der Waals surface area contributed by atoms with Gasteiger partial charge in [0.05, 0.1) is 5.69 Å². The topological polar surface area (TPSA) is 29.9 Å². The molecule has 0 spiro atoms. The first kappa shape index (κ1) is 11.5. The zero-order valence-electron chi connectivity index (χ0n) is 9.95. The van der Waals surface area contributed by atoms with E-state index in [0.717, 1.165) is 11.6 Å². The summed E-state index contributed by atoms with van der Waals surface area (Å²) in [5, 5.41) is 3.50. The largest absolute Gasteiger partial charge is 0.325 e. The molecule has 0 radical (unpaired) electrons. The smallest absolute Gasteiger partial charge is 0.207 e. The highest BCUT2D eigenvalue weighted by Crippen LogP contribution is 2.38. The SMILES string of the molecule is Cc1cn(C2CC2)c(Nc2cc(F)cc(Cl)c2)n1. The van der Waals surface area contributed by atoms with Gasteiger partial charge >= 0.3 is 0 Å². The van der Waals surface area contributed by atoms with Crippen LogP contribution >= 0.6 is 11.6 Å². The van der Waals surface area contributed by atoms with Gasteiger partial charge in [0.2, 0.25) is 5.95 Å². The molecule has 3 rings (SSSR count). The van der Waals surface area contributed by atoms with Crippen molar-refractivity contribution in [3.63, 3.8) is 0 Å². The summed E-state index contributed by atoms with van der Waals surface area (Å²) >= 11 is 5.83. The Morgan fingerprint density at radius 1 is 1.39 bits per heavy atom. The Morgan fingerprint density at radius 2 is 2.17 bits per heavy atom. The maximum Gasteiger partial charge on any atom is 0.207 e. The predicted octanol–water partition coefficient (Wildman–Crippen LogP) is 4.06. The molecule has 5 heteroatoms. The number of nitrogens with zero attached hydrogens (tertiary/aromatic N) is 2. The number of nitrogens with one attached hydrogen (secondary N) is 1. The summed E-state index contributed by atoms with van der Waals surface area (Å²) in [6.45, 7) is 1.95. The molecule has 1 aromatic carbocycles. The van der Waals surface area contributed by atoms with Gasteiger partial charge in [0.1, 0.15) is 5.82 Å². The van der Waals surface area contributed by atoms with E-state index in [-0.39, 0.29) is 5.82 Å². The van der Waals surface area contributed by atoms with Gasteiger partial charge in [-0.05, 0) is 38.0 Å². The van der Waals surface area contributed by atoms with Crippen molar-refractivity contribution in [3.05, 3.63) is 40.9 Å². The average Bonchev–Trinajstić information content (AvgIpc) is 3.02. The van der Waals surface area contributed by atoms with Crippen LogP contribution in [0.4, 0.5) is 16.0 Å². The molecule has 18 heavy (non-hydrogen) atoms. The lowest BCUT2D eigenvalue weighted by atomic mass is 10.3. The van der Waals surface area contributed by atoms with Crippen LogP contribution in [-0.4, -0.2) is 9.55 Å². The first-order chi connectivity index (χ1) is 8.61. The lowest BCUT2D eigenvalue weighted by Gasteiger charge is -2.09. The molecule has 0 atom stereocenters. The fourth-order valence-corrected chi connectivity index (χ4v) is 2.22. The van der Waals surface area contributed by atoms with Crippen molar-refractivity contribution in [2.24, 2.45) is 0 Å². The Bertz CT molecular complexity index is 570. The second kappa shape index (κ2) is 4.28. The van der Waals surface area contributed by atoms with Gasteiger partial charge in [-0.15, -0.1) is 0 Å². The number of imidazole rings is 1. The van der Waals surface area contributed by atoms with Crippen molar-refractivity contribution in [2.75, 3.05) is 5.32 Å². The Labute approximate surface area is 110 Å². The standard InChI is InChI=1S/C13H13ClFN3/c1-8-7-18(12-2-3-12)13(16-8)17-11-5-9(14)4-10(15)6-11/h4-7,12H,2-3H2,1H3,(H,16,17). The summed E-state index contributed by atoms with van der Waals surface area (Å²) in [6, 6.07) is 4.91. The number of halogens is 2. The molecule has 3 nitrogen and oxygen atoms in total. The fraction of sp³-hybridized carbons (Fsp3) is 0.308. The van der Waals surface area contributed by atoms with E-state index in [1.54, 1.807) is 6.07 Å². The molecule has 0 saturated heterocycles. The molecule has 0 bridgehead atoms. The Hall–Kier alpha value is -1.55. The summed E-state index contributed by atoms with van der Waals surface area (Å²) in [7, 11) is 0. The van der Waals surface area contributed by atoms with Gasteiger partial charge < -0.3 is 9.88 Å². The van der Waals surface area contributed by atoms with Crippen LogP contribution in [-0.2, 0) is 0 Å². The third kappa shape index (κ3) is 2.34. The lowest BCUT2D eigenvalue weighted by molar-refractivity contribution is 0.628. The van der Waals surface area contributed by atoms with E-state index in [1.165, 1.54) is 25.0 Å². The highest BCUT2D eigenvalue weighted by atomic mass is 35.5. The van der Waals surface area contributed by atoms with Crippen molar-refractivity contribution >= 4 is 23.2 Å². The summed E-state index contributed by atoms with van der Waals surface area (Å²) in [5.74, 6) is 0.392. The maximum atomic E-state index is 13.3. The third-order valence-electron chi connectivity index (χ3n) is 2.91. The first-order valence-corrected chi connectivity index (χ1v) is 6.28. The monoisotopic (exact) mass is 265 g/mol. The van der Waals surface area contributed by atoms with Crippen molar-refractivity contribution < 1.29 is 4.39 Å². The van der Waals surface area contributed by atoms with Crippen LogP contribution in [0.1, 0.15) is 24.6 Å². The maximum absolute atomic E-state index is 13.3. The van der Waals surface area contributed by atoms with Crippen LogP contribution in [0, 0.1) is 12.7 Å². The quantitative estimate of drug-likeness (QED) is 0.907. The Balaban J connectivity index is 1.91. The van der Waals surface area contributed by atoms with Crippen molar-refractivity contribution in [1.29, 1.82) is 0 Å². The van der Waals surface area contributed by atoms with Crippen LogP contribution in [0.5, 0.6) is 0 Å². The van der Waals surface area contributed by atoms with Gasteiger partial charge in [-0.2, -0.15) is 0 Å². The molecular formula is C13H13ClFN3. The molecule has 1 aliphatic carbocycles. The van der Waals surface area contributed by atoms with E-state index in [9.17, 15) is 4.39 Å². The summed E-state index contributed by atoms with van der Waals surface area (Å²) in [5.41, 5.74) is 1.57. The normalized spacial score (nSPS) is 14.8. The number of benzene rings is 1. The molecule has 1 heterocycles. The minimum atomic E-state index is -0.355. The minimum Gasteiger partial charge on any atom is -0.325 e. The molecular weight excluding hydrogens is 253 g/mol. The number of anilines is 2. The number of hydrogen-bond acceptors (Lipinski definition) is 2. The average molecular weight is 266 g/mol. The second-order valence-electron chi connectivity index (χ2n) is 4.63. The summed E-state index contributed by atoms with van der Waals surface area (Å²) in [4.78, 5) is 4.41. The van der Waals surface area contributed by atoms with Gasteiger partial charge in [-0.3, -0.25) is 0 Å². The molecule has 0 unspecified atom stereocenters. The van der Waals surface area contributed by atoms with Gasteiger partial charge in [0.15, 0.2) is 0 Å². The van der Waals surface area contributed by atoms with Crippen LogP contribution < -0.4 is 5.32 Å². The van der Waals surface area contributed by atoms with Crippen molar-refractivity contribution in [1.82, 2.24) is 9.55 Å². The molecule has 1 aliphatic rings. The number of aryl methyl sites for hydroxylation is 1. The molecule has 2 aromatic rings.